The van der Waals surface area contributed by atoms with E-state index in [1.54, 1.807) is 46.4 Å². The van der Waals surface area contributed by atoms with Crippen LogP contribution in [0, 0.1) is 17.3 Å². The van der Waals surface area contributed by atoms with Crippen LogP contribution in [0.4, 0.5) is 9.59 Å². The minimum absolute atomic E-state index is 0.000876. The lowest BCUT2D eigenvalue weighted by Gasteiger charge is -2.54. The lowest BCUT2D eigenvalue weighted by Crippen LogP contribution is -2.63. The molecule has 2 aliphatic heterocycles. The zero-order valence-electron chi connectivity index (χ0n) is 40.9. The van der Waals surface area contributed by atoms with Crippen molar-refractivity contribution in [2.24, 2.45) is 17.3 Å². The number of benzene rings is 2. The summed E-state index contributed by atoms with van der Waals surface area (Å²) >= 11 is 0. The third kappa shape index (κ3) is 17.2. The number of carbonyl (C=O) groups is 7. The number of likely N-dealkylation sites (tertiary alicyclic amines) is 2. The maximum Gasteiger partial charge on any atom is 0.408 e. The van der Waals surface area contributed by atoms with Gasteiger partial charge in [-0.1, -0.05) is 74.5 Å². The summed E-state index contributed by atoms with van der Waals surface area (Å²) in [4.78, 5) is 99.2. The molecule has 16 nitrogen and oxygen atoms in total. The first-order valence-electron chi connectivity index (χ1n) is 24.1. The van der Waals surface area contributed by atoms with Crippen LogP contribution in [0.25, 0.3) is 0 Å². The number of amides is 7. The average Bonchev–Trinajstić information content (AvgIpc) is 4.09. The number of rotatable bonds is 20. The van der Waals surface area contributed by atoms with Crippen molar-refractivity contribution in [1.82, 2.24) is 36.4 Å². The van der Waals surface area contributed by atoms with Crippen LogP contribution in [-0.2, 0) is 46.3 Å². The average molecular weight is 930 g/mol. The summed E-state index contributed by atoms with van der Waals surface area (Å²) in [5.41, 5.74) is 0.0571. The van der Waals surface area contributed by atoms with E-state index < -0.39 is 65.3 Å². The maximum absolute atomic E-state index is 14.5. The van der Waals surface area contributed by atoms with E-state index in [0.717, 1.165) is 36.8 Å². The van der Waals surface area contributed by atoms with E-state index in [1.165, 1.54) is 0 Å². The highest BCUT2D eigenvalue weighted by atomic mass is 16.6. The van der Waals surface area contributed by atoms with Crippen LogP contribution in [0.2, 0.25) is 0 Å². The zero-order chi connectivity index (χ0) is 48.9. The van der Waals surface area contributed by atoms with E-state index >= 15 is 0 Å². The second-order valence-corrected chi connectivity index (χ2v) is 21.1. The molecule has 7 amide bonds. The van der Waals surface area contributed by atoms with Gasteiger partial charge in [0.1, 0.15) is 35.4 Å². The lowest BCUT2D eigenvalue weighted by molar-refractivity contribution is -0.152. The minimum Gasteiger partial charge on any atom is -0.444 e. The largest absolute Gasteiger partial charge is 0.444 e. The first kappa shape index (κ1) is 52.3. The van der Waals surface area contributed by atoms with Gasteiger partial charge in [0.2, 0.25) is 29.5 Å². The van der Waals surface area contributed by atoms with E-state index in [-0.39, 0.29) is 54.7 Å². The van der Waals surface area contributed by atoms with Crippen molar-refractivity contribution >= 4 is 41.7 Å². The van der Waals surface area contributed by atoms with Gasteiger partial charge in [0.25, 0.3) is 0 Å². The van der Waals surface area contributed by atoms with E-state index in [2.05, 4.69) is 26.6 Å². The molecule has 5 rings (SSSR count). The number of piperidine rings is 1. The molecule has 1 saturated carbocycles. The van der Waals surface area contributed by atoms with Crippen LogP contribution in [0.3, 0.4) is 0 Å². The maximum atomic E-state index is 14.5. The number of carbonyl (C=O) groups excluding carboxylic acids is 7. The number of nitrogens with one attached hydrogen (secondary N) is 5. The molecule has 4 atom stereocenters. The molecule has 1 spiro atoms. The summed E-state index contributed by atoms with van der Waals surface area (Å²) < 4.78 is 10.8. The van der Waals surface area contributed by atoms with Crippen LogP contribution < -0.4 is 26.6 Å². The number of hydrogen-bond donors (Lipinski definition) is 5. The Balaban J connectivity index is 1.30. The SMILES string of the molecule is CC(C)C[C@@H](NC(=O)[C@@H](Cc1ccccc1)NC(=O)[C@@H](Cc1ccccc1)NC(=O)OC(C)(C)C)C(=O)N[C@H](CCCCNC(=O)OC(C)(C)C)C(=O)N1CCC2(CC1)CN(C(=O)C1CC1)C2. The van der Waals surface area contributed by atoms with E-state index in [1.807, 2.05) is 79.4 Å². The van der Waals surface area contributed by atoms with Gasteiger partial charge in [-0.05, 0) is 110 Å². The van der Waals surface area contributed by atoms with Crippen molar-refractivity contribution in [3.05, 3.63) is 71.8 Å². The molecule has 0 radical (unpaired) electrons. The molecule has 2 saturated heterocycles. The predicted molar refractivity (Wildman–Crippen MR) is 254 cm³/mol. The Labute approximate surface area is 396 Å². The molecular formula is C51H75N7O9. The summed E-state index contributed by atoms with van der Waals surface area (Å²) in [6.07, 6.45) is 3.86. The number of hydrogen-bond acceptors (Lipinski definition) is 9. The number of nitrogens with zero attached hydrogens (tertiary/aromatic N) is 2. The quantitative estimate of drug-likeness (QED) is 0.107. The van der Waals surface area contributed by atoms with E-state index in [9.17, 15) is 33.6 Å². The van der Waals surface area contributed by atoms with E-state index in [4.69, 9.17) is 9.47 Å². The predicted octanol–water partition coefficient (Wildman–Crippen LogP) is 5.42. The van der Waals surface area contributed by atoms with Crippen LogP contribution in [0.1, 0.15) is 118 Å². The minimum atomic E-state index is -1.16. The Hall–Kier alpha value is -5.67. The highest BCUT2D eigenvalue weighted by molar-refractivity contribution is 5.95. The Morgan fingerprint density at radius 2 is 1.10 bits per heavy atom. The highest BCUT2D eigenvalue weighted by Gasteiger charge is 2.50. The van der Waals surface area contributed by atoms with Crippen molar-refractivity contribution in [2.75, 3.05) is 32.7 Å². The molecule has 0 bridgehead atoms. The van der Waals surface area contributed by atoms with Gasteiger partial charge in [0.15, 0.2) is 0 Å². The molecule has 2 aromatic carbocycles. The van der Waals surface area contributed by atoms with Gasteiger partial charge in [-0.2, -0.15) is 0 Å². The van der Waals surface area contributed by atoms with Crippen molar-refractivity contribution in [2.45, 2.75) is 155 Å². The van der Waals surface area contributed by atoms with Gasteiger partial charge in [0.05, 0.1) is 0 Å². The third-order valence-corrected chi connectivity index (χ3v) is 12.2. The van der Waals surface area contributed by atoms with Crippen LogP contribution in [0.15, 0.2) is 60.7 Å². The van der Waals surface area contributed by atoms with Crippen molar-refractivity contribution in [3.63, 3.8) is 0 Å². The van der Waals surface area contributed by atoms with Gasteiger partial charge in [-0.15, -0.1) is 0 Å². The number of alkyl carbamates (subject to hydrolysis) is 2. The monoisotopic (exact) mass is 930 g/mol. The molecule has 0 unspecified atom stereocenters. The van der Waals surface area contributed by atoms with Crippen LogP contribution in [-0.4, -0.2) is 120 Å². The standard InChI is InChI=1S/C51H75N7O9/c1-34(2)29-39(54-43(60)40(30-35-17-11-9-12-18-35)55-44(61)41(31-36-19-13-10-14-20-36)56-48(65)67-50(6,7)8)42(59)53-38(21-15-16-26-52-47(64)66-49(3,4)5)46(63)57-27-24-51(25-28-57)32-58(33-51)45(62)37-22-23-37/h9-14,17-20,34,37-41H,15-16,21-33H2,1-8H3,(H,52,64)(H,53,59)(H,54,60)(H,55,61)(H,56,65)/t38-,39-,40-,41-/m1/s1. The molecule has 16 heteroatoms. The zero-order valence-corrected chi connectivity index (χ0v) is 40.9. The van der Waals surface area contributed by atoms with Crippen molar-refractivity contribution in [1.29, 1.82) is 0 Å². The lowest BCUT2D eigenvalue weighted by atomic mass is 9.71. The molecular weight excluding hydrogens is 855 g/mol. The van der Waals surface area contributed by atoms with Crippen molar-refractivity contribution < 1.29 is 43.0 Å². The molecule has 1 aliphatic carbocycles. The van der Waals surface area contributed by atoms with Gasteiger partial charge in [0, 0.05) is 56.9 Å². The Kier molecular flexibility index (Phi) is 18.2. The van der Waals surface area contributed by atoms with Gasteiger partial charge in [-0.3, -0.25) is 24.0 Å². The molecule has 3 fully saturated rings. The molecule has 2 heterocycles. The highest BCUT2D eigenvalue weighted by Crippen LogP contribution is 2.43. The van der Waals surface area contributed by atoms with Gasteiger partial charge in [-0.25, -0.2) is 9.59 Å². The molecule has 0 aromatic heterocycles. The second-order valence-electron chi connectivity index (χ2n) is 21.1. The normalized spacial score (nSPS) is 17.5. The summed E-state index contributed by atoms with van der Waals surface area (Å²) in [5.74, 6) is -1.62. The molecule has 5 N–H and O–H groups in total. The van der Waals surface area contributed by atoms with Crippen LogP contribution >= 0.6 is 0 Å². The number of ether oxygens (including phenoxy) is 2. The fourth-order valence-electron chi connectivity index (χ4n) is 8.57. The molecule has 3 aliphatic rings. The fraction of sp³-hybridized carbons (Fsp3) is 0.627. The van der Waals surface area contributed by atoms with Gasteiger partial charge >= 0.3 is 12.2 Å². The molecule has 67 heavy (non-hydrogen) atoms. The summed E-state index contributed by atoms with van der Waals surface area (Å²) in [6.45, 7) is 17.1. The first-order valence-corrected chi connectivity index (χ1v) is 24.1. The topological polar surface area (TPSA) is 205 Å². The third-order valence-electron chi connectivity index (χ3n) is 12.2. The van der Waals surface area contributed by atoms with Crippen LogP contribution in [0.5, 0.6) is 0 Å². The van der Waals surface area contributed by atoms with Gasteiger partial charge < -0.3 is 45.9 Å². The smallest absolute Gasteiger partial charge is 0.408 e. The molecule has 2 aromatic rings. The van der Waals surface area contributed by atoms with E-state index in [0.29, 0.717) is 45.6 Å². The Morgan fingerprint density at radius 3 is 1.61 bits per heavy atom. The Morgan fingerprint density at radius 1 is 0.627 bits per heavy atom. The fourth-order valence-corrected chi connectivity index (χ4v) is 8.57. The molecule has 368 valence electrons. The number of unbranched alkanes of at least 4 members (excludes halogenated alkanes) is 1. The first-order chi connectivity index (χ1) is 31.6. The Bertz CT molecular complexity index is 2000. The summed E-state index contributed by atoms with van der Waals surface area (Å²) in [6, 6.07) is 14.1. The summed E-state index contributed by atoms with van der Waals surface area (Å²) in [5, 5.41) is 14.2. The van der Waals surface area contributed by atoms with Crippen molar-refractivity contribution in [3.8, 4) is 0 Å². The summed E-state index contributed by atoms with van der Waals surface area (Å²) in [7, 11) is 0. The second kappa shape index (κ2) is 23.4.